The number of carbonyl (C=O) groups excluding carboxylic acids is 1. The molecule has 0 saturated heterocycles. The Balaban J connectivity index is 0.00000324. The van der Waals surface area contributed by atoms with Gasteiger partial charge in [0.15, 0.2) is 0 Å². The fraction of sp³-hybridized carbons (Fsp3) is 0.500. The van der Waals surface area contributed by atoms with Crippen LogP contribution < -0.4 is 11.1 Å². The zero-order valence-electron chi connectivity index (χ0n) is 11.4. The van der Waals surface area contributed by atoms with Gasteiger partial charge in [-0.2, -0.15) is 0 Å². The number of rotatable bonds is 6. The van der Waals surface area contributed by atoms with Crippen molar-refractivity contribution in [3.8, 4) is 0 Å². The van der Waals surface area contributed by atoms with Crippen molar-refractivity contribution in [1.82, 2.24) is 0 Å². The zero-order valence-corrected chi connectivity index (χ0v) is 12.2. The summed E-state index contributed by atoms with van der Waals surface area (Å²) in [5.74, 6) is -0.102. The third kappa shape index (κ3) is 6.05. The summed E-state index contributed by atoms with van der Waals surface area (Å²) >= 11 is 0. The lowest BCUT2D eigenvalue weighted by Gasteiger charge is -2.19. The minimum absolute atomic E-state index is 0. The molecule has 4 N–H and O–H groups in total. The Morgan fingerprint density at radius 2 is 1.95 bits per heavy atom. The molecule has 0 unspecified atom stereocenters. The van der Waals surface area contributed by atoms with E-state index in [1.54, 1.807) is 12.1 Å². The molecule has 1 aromatic rings. The van der Waals surface area contributed by atoms with E-state index in [1.807, 2.05) is 12.1 Å². The molecule has 1 amide bonds. The zero-order chi connectivity index (χ0) is 13.5. The molecular weight excluding hydrogens is 264 g/mol. The van der Waals surface area contributed by atoms with Gasteiger partial charge in [-0.1, -0.05) is 31.9 Å². The lowest BCUT2D eigenvalue weighted by atomic mass is 9.98. The molecule has 0 saturated carbocycles. The SMILES string of the molecule is CCCC[C@@H](O)[C@@H](N)c1ccc(NC(C)=O)cc1.Cl. The molecule has 4 nitrogen and oxygen atoms in total. The number of hydrogen-bond acceptors (Lipinski definition) is 3. The number of unbranched alkanes of at least 4 members (excludes halogenated alkanes) is 1. The predicted octanol–water partition coefficient (Wildman–Crippen LogP) is 2.62. The van der Waals surface area contributed by atoms with Crippen LogP contribution in [0.15, 0.2) is 24.3 Å². The second-order valence-electron chi connectivity index (χ2n) is 4.54. The number of amides is 1. The van der Waals surface area contributed by atoms with Crippen LogP contribution >= 0.6 is 12.4 Å². The predicted molar refractivity (Wildman–Crippen MR) is 80.5 cm³/mol. The highest BCUT2D eigenvalue weighted by Gasteiger charge is 2.15. The summed E-state index contributed by atoms with van der Waals surface area (Å²) in [6.45, 7) is 3.55. The molecule has 0 aromatic heterocycles. The third-order valence-corrected chi connectivity index (χ3v) is 2.88. The first-order chi connectivity index (χ1) is 8.54. The molecule has 0 aliphatic carbocycles. The van der Waals surface area contributed by atoms with Gasteiger partial charge in [0.2, 0.25) is 5.91 Å². The van der Waals surface area contributed by atoms with Crippen LogP contribution in [-0.2, 0) is 4.79 Å². The maximum atomic E-state index is 10.9. The molecule has 0 radical (unpaired) electrons. The van der Waals surface area contributed by atoms with Crippen LogP contribution in [0.1, 0.15) is 44.7 Å². The number of hydrogen-bond donors (Lipinski definition) is 3. The van der Waals surface area contributed by atoms with E-state index in [0.29, 0.717) is 6.42 Å². The quantitative estimate of drug-likeness (QED) is 0.752. The van der Waals surface area contributed by atoms with E-state index in [-0.39, 0.29) is 24.4 Å². The highest BCUT2D eigenvalue weighted by atomic mass is 35.5. The van der Waals surface area contributed by atoms with Crippen molar-refractivity contribution < 1.29 is 9.90 Å². The minimum atomic E-state index is -0.517. The maximum Gasteiger partial charge on any atom is 0.221 e. The van der Waals surface area contributed by atoms with Gasteiger partial charge in [-0.25, -0.2) is 0 Å². The summed E-state index contributed by atoms with van der Waals surface area (Å²) in [4.78, 5) is 10.9. The molecule has 0 bridgehead atoms. The number of halogens is 1. The van der Waals surface area contributed by atoms with E-state index < -0.39 is 6.10 Å². The van der Waals surface area contributed by atoms with Crippen LogP contribution in [0.2, 0.25) is 0 Å². The van der Waals surface area contributed by atoms with Crippen LogP contribution in [0, 0.1) is 0 Å². The molecule has 5 heteroatoms. The van der Waals surface area contributed by atoms with E-state index in [2.05, 4.69) is 12.2 Å². The second kappa shape index (κ2) is 8.91. The second-order valence-corrected chi connectivity index (χ2v) is 4.54. The Morgan fingerprint density at radius 1 is 1.37 bits per heavy atom. The van der Waals surface area contributed by atoms with Gasteiger partial charge >= 0.3 is 0 Å². The molecular formula is C14H23ClN2O2. The smallest absolute Gasteiger partial charge is 0.221 e. The van der Waals surface area contributed by atoms with Gasteiger partial charge in [0.25, 0.3) is 0 Å². The summed E-state index contributed by atoms with van der Waals surface area (Å²) in [7, 11) is 0. The van der Waals surface area contributed by atoms with Crippen LogP contribution in [0.4, 0.5) is 5.69 Å². The number of anilines is 1. The van der Waals surface area contributed by atoms with Gasteiger partial charge < -0.3 is 16.2 Å². The van der Waals surface area contributed by atoms with Crippen molar-refractivity contribution in [3.05, 3.63) is 29.8 Å². The first-order valence-electron chi connectivity index (χ1n) is 6.35. The molecule has 19 heavy (non-hydrogen) atoms. The number of benzene rings is 1. The van der Waals surface area contributed by atoms with E-state index in [9.17, 15) is 9.90 Å². The molecule has 108 valence electrons. The minimum Gasteiger partial charge on any atom is -0.391 e. The van der Waals surface area contributed by atoms with Gasteiger partial charge in [-0.15, -0.1) is 12.4 Å². The van der Waals surface area contributed by atoms with Crippen molar-refractivity contribution >= 4 is 24.0 Å². The van der Waals surface area contributed by atoms with Crippen molar-refractivity contribution in [2.45, 2.75) is 45.3 Å². The Bertz CT molecular complexity index is 382. The van der Waals surface area contributed by atoms with E-state index >= 15 is 0 Å². The number of aliphatic hydroxyl groups is 1. The standard InChI is InChI=1S/C14H22N2O2.ClH/c1-3-4-5-13(18)14(15)11-6-8-12(9-7-11)16-10(2)17;/h6-9,13-14,18H,3-5,15H2,1-2H3,(H,16,17);1H/t13-,14+;/m1./s1. The molecule has 2 atom stereocenters. The van der Waals surface area contributed by atoms with Crippen LogP contribution in [0.3, 0.4) is 0 Å². The Kier molecular flexibility index (Phi) is 8.39. The molecule has 1 rings (SSSR count). The average molecular weight is 287 g/mol. The first-order valence-corrected chi connectivity index (χ1v) is 6.35. The lowest BCUT2D eigenvalue weighted by molar-refractivity contribution is -0.114. The van der Waals surface area contributed by atoms with E-state index in [4.69, 9.17) is 5.73 Å². The average Bonchev–Trinajstić information content (AvgIpc) is 2.35. The molecule has 0 fully saturated rings. The molecule has 0 spiro atoms. The van der Waals surface area contributed by atoms with Gasteiger partial charge in [0.05, 0.1) is 12.1 Å². The van der Waals surface area contributed by atoms with Crippen LogP contribution in [0.25, 0.3) is 0 Å². The number of nitrogens with two attached hydrogens (primary N) is 1. The molecule has 0 aliphatic rings. The Hall–Kier alpha value is -1.10. The molecule has 0 aliphatic heterocycles. The van der Waals surface area contributed by atoms with Crippen molar-refractivity contribution in [2.75, 3.05) is 5.32 Å². The van der Waals surface area contributed by atoms with Gasteiger partial charge in [0, 0.05) is 12.6 Å². The van der Waals surface area contributed by atoms with Crippen molar-refractivity contribution in [1.29, 1.82) is 0 Å². The summed E-state index contributed by atoms with van der Waals surface area (Å²) in [5, 5.41) is 12.6. The van der Waals surface area contributed by atoms with Crippen LogP contribution in [0.5, 0.6) is 0 Å². The Labute approximate surface area is 120 Å². The Morgan fingerprint density at radius 3 is 2.42 bits per heavy atom. The van der Waals surface area contributed by atoms with Crippen LogP contribution in [-0.4, -0.2) is 17.1 Å². The van der Waals surface area contributed by atoms with Crippen molar-refractivity contribution in [3.63, 3.8) is 0 Å². The van der Waals surface area contributed by atoms with E-state index in [1.165, 1.54) is 6.92 Å². The highest BCUT2D eigenvalue weighted by Crippen LogP contribution is 2.20. The van der Waals surface area contributed by atoms with Gasteiger partial charge in [-0.3, -0.25) is 4.79 Å². The monoisotopic (exact) mass is 286 g/mol. The van der Waals surface area contributed by atoms with Gasteiger partial charge in [-0.05, 0) is 24.1 Å². The normalized spacial score (nSPS) is 13.3. The van der Waals surface area contributed by atoms with Gasteiger partial charge in [0.1, 0.15) is 0 Å². The number of aliphatic hydroxyl groups excluding tert-OH is 1. The fourth-order valence-corrected chi connectivity index (χ4v) is 1.81. The lowest BCUT2D eigenvalue weighted by Crippen LogP contribution is -2.26. The summed E-state index contributed by atoms with van der Waals surface area (Å²) in [6.07, 6.45) is 2.21. The fourth-order valence-electron chi connectivity index (χ4n) is 1.81. The third-order valence-electron chi connectivity index (χ3n) is 2.88. The van der Waals surface area contributed by atoms with E-state index in [0.717, 1.165) is 24.1 Å². The largest absolute Gasteiger partial charge is 0.391 e. The maximum absolute atomic E-state index is 10.9. The summed E-state index contributed by atoms with van der Waals surface area (Å²) in [5.41, 5.74) is 7.61. The highest BCUT2D eigenvalue weighted by molar-refractivity contribution is 5.88. The summed E-state index contributed by atoms with van der Waals surface area (Å²) < 4.78 is 0. The van der Waals surface area contributed by atoms with Crippen molar-refractivity contribution in [2.24, 2.45) is 5.73 Å². The number of carbonyl (C=O) groups is 1. The topological polar surface area (TPSA) is 75.3 Å². The molecule has 0 heterocycles. The summed E-state index contributed by atoms with van der Waals surface area (Å²) in [6, 6.07) is 6.89. The molecule has 1 aromatic carbocycles. The number of nitrogens with one attached hydrogen (secondary N) is 1. The first kappa shape index (κ1) is 17.9.